The van der Waals surface area contributed by atoms with Crippen LogP contribution in [0.5, 0.6) is 0 Å². The van der Waals surface area contributed by atoms with Gasteiger partial charge < -0.3 is 15.1 Å². The molecule has 1 aliphatic rings. The van der Waals surface area contributed by atoms with E-state index in [4.69, 9.17) is 0 Å². The summed E-state index contributed by atoms with van der Waals surface area (Å²) in [5, 5.41) is 3.39. The van der Waals surface area contributed by atoms with Crippen molar-refractivity contribution in [3.63, 3.8) is 0 Å². The zero-order chi connectivity index (χ0) is 13.5. The Morgan fingerprint density at radius 3 is 2.33 bits per heavy atom. The molecule has 104 valence electrons. The minimum absolute atomic E-state index is 0.152. The summed E-state index contributed by atoms with van der Waals surface area (Å²) >= 11 is 0. The smallest absolute Gasteiger partial charge is 0.242 e. The number of hydrogen-bond acceptors (Lipinski definition) is 2. The number of nitrogens with one attached hydrogen (secondary N) is 1. The molecule has 0 aliphatic heterocycles. The van der Waals surface area contributed by atoms with Gasteiger partial charge in [0.05, 0.1) is 6.54 Å². The average molecular weight is 254 g/mol. The highest BCUT2D eigenvalue weighted by atomic mass is 16.2. The molecule has 0 atom stereocenters. The summed E-state index contributed by atoms with van der Waals surface area (Å²) in [7, 11) is 3.68. The molecule has 1 rings (SSSR count). The number of amides is 1. The van der Waals surface area contributed by atoms with Gasteiger partial charge in [-0.3, -0.25) is 9.79 Å². The summed E-state index contributed by atoms with van der Waals surface area (Å²) in [6, 6.07) is 0.537. The first-order chi connectivity index (χ1) is 8.62. The van der Waals surface area contributed by atoms with E-state index in [1.807, 2.05) is 30.7 Å². The average Bonchev–Trinajstić information content (AvgIpc) is 2.29. The van der Waals surface area contributed by atoms with E-state index in [9.17, 15) is 4.79 Å². The van der Waals surface area contributed by atoms with Crippen LogP contribution in [0.1, 0.15) is 33.1 Å². The van der Waals surface area contributed by atoms with Crippen molar-refractivity contribution >= 4 is 11.9 Å². The SMILES string of the molecule is CCN(CC)C(=O)CN(C)C(=NC)NC1CCC1. The lowest BCUT2D eigenvalue weighted by molar-refractivity contribution is -0.131. The first-order valence-electron chi connectivity index (χ1n) is 6.84. The minimum atomic E-state index is 0.152. The lowest BCUT2D eigenvalue weighted by Gasteiger charge is -2.32. The molecule has 0 heterocycles. The second-order valence-electron chi connectivity index (χ2n) is 4.74. The molecule has 0 unspecified atom stereocenters. The van der Waals surface area contributed by atoms with Gasteiger partial charge in [-0.05, 0) is 33.1 Å². The third kappa shape index (κ3) is 3.89. The fraction of sp³-hybridized carbons (Fsp3) is 0.846. The first-order valence-corrected chi connectivity index (χ1v) is 6.84. The van der Waals surface area contributed by atoms with Gasteiger partial charge in [-0.1, -0.05) is 0 Å². The van der Waals surface area contributed by atoms with Crippen LogP contribution in [0.3, 0.4) is 0 Å². The van der Waals surface area contributed by atoms with Gasteiger partial charge in [-0.25, -0.2) is 0 Å². The van der Waals surface area contributed by atoms with Gasteiger partial charge in [-0.15, -0.1) is 0 Å². The molecule has 0 aromatic carbocycles. The molecular weight excluding hydrogens is 228 g/mol. The maximum Gasteiger partial charge on any atom is 0.242 e. The van der Waals surface area contributed by atoms with E-state index < -0.39 is 0 Å². The highest BCUT2D eigenvalue weighted by molar-refractivity contribution is 5.86. The Kier molecular flexibility index (Phi) is 5.95. The molecule has 5 heteroatoms. The van der Waals surface area contributed by atoms with Crippen LogP contribution in [-0.2, 0) is 4.79 Å². The fourth-order valence-electron chi connectivity index (χ4n) is 2.03. The van der Waals surface area contributed by atoms with Crippen molar-refractivity contribution < 1.29 is 4.79 Å². The summed E-state index contributed by atoms with van der Waals surface area (Å²) in [6.07, 6.45) is 3.70. The van der Waals surface area contributed by atoms with Crippen molar-refractivity contribution in [2.75, 3.05) is 33.7 Å². The van der Waals surface area contributed by atoms with Crippen LogP contribution in [0.25, 0.3) is 0 Å². The van der Waals surface area contributed by atoms with Crippen molar-refractivity contribution in [2.45, 2.75) is 39.2 Å². The minimum Gasteiger partial charge on any atom is -0.354 e. The zero-order valence-corrected chi connectivity index (χ0v) is 12.1. The van der Waals surface area contributed by atoms with Crippen LogP contribution in [0, 0.1) is 0 Å². The molecule has 1 aliphatic carbocycles. The summed E-state index contributed by atoms with van der Waals surface area (Å²) in [5.41, 5.74) is 0. The van der Waals surface area contributed by atoms with E-state index in [-0.39, 0.29) is 5.91 Å². The zero-order valence-electron chi connectivity index (χ0n) is 12.1. The molecule has 18 heavy (non-hydrogen) atoms. The van der Waals surface area contributed by atoms with E-state index in [2.05, 4.69) is 10.3 Å². The lowest BCUT2D eigenvalue weighted by atomic mass is 9.93. The summed E-state index contributed by atoms with van der Waals surface area (Å²) < 4.78 is 0. The van der Waals surface area contributed by atoms with Gasteiger partial charge >= 0.3 is 0 Å². The highest BCUT2D eigenvalue weighted by Crippen LogP contribution is 2.18. The van der Waals surface area contributed by atoms with Gasteiger partial charge in [0, 0.05) is 33.2 Å². The normalized spacial score (nSPS) is 16.1. The van der Waals surface area contributed by atoms with Crippen LogP contribution in [-0.4, -0.2) is 61.4 Å². The Labute approximate surface area is 110 Å². The van der Waals surface area contributed by atoms with Crippen LogP contribution < -0.4 is 5.32 Å². The molecule has 0 radical (unpaired) electrons. The third-order valence-electron chi connectivity index (χ3n) is 3.50. The quantitative estimate of drug-likeness (QED) is 0.586. The van der Waals surface area contributed by atoms with E-state index in [1.165, 1.54) is 19.3 Å². The van der Waals surface area contributed by atoms with Crippen molar-refractivity contribution in [1.29, 1.82) is 0 Å². The monoisotopic (exact) mass is 254 g/mol. The molecule has 1 saturated carbocycles. The van der Waals surface area contributed by atoms with Crippen LogP contribution >= 0.6 is 0 Å². The Hall–Kier alpha value is -1.26. The van der Waals surface area contributed by atoms with Gasteiger partial charge in [0.1, 0.15) is 0 Å². The van der Waals surface area contributed by atoms with Crippen LogP contribution in [0.4, 0.5) is 0 Å². The Morgan fingerprint density at radius 2 is 1.94 bits per heavy atom. The molecule has 0 spiro atoms. The summed E-state index contributed by atoms with van der Waals surface area (Å²) in [5.74, 6) is 0.972. The van der Waals surface area contributed by atoms with Gasteiger partial charge in [-0.2, -0.15) is 0 Å². The number of rotatable bonds is 5. The maximum absolute atomic E-state index is 12.0. The standard InChI is InChI=1S/C13H26N4O/c1-5-17(6-2)12(18)10-16(4)13(14-3)15-11-8-7-9-11/h11H,5-10H2,1-4H3,(H,14,15). The number of guanidine groups is 1. The van der Waals surface area contributed by atoms with E-state index in [1.54, 1.807) is 7.05 Å². The predicted molar refractivity (Wildman–Crippen MR) is 74.7 cm³/mol. The Morgan fingerprint density at radius 1 is 1.33 bits per heavy atom. The Balaban J connectivity index is 2.45. The molecule has 0 aromatic heterocycles. The summed E-state index contributed by atoms with van der Waals surface area (Å²) in [6.45, 7) is 5.91. The van der Waals surface area contributed by atoms with Gasteiger partial charge in [0.25, 0.3) is 0 Å². The molecule has 0 bridgehead atoms. The largest absolute Gasteiger partial charge is 0.354 e. The molecule has 5 nitrogen and oxygen atoms in total. The molecule has 0 aromatic rings. The fourth-order valence-corrected chi connectivity index (χ4v) is 2.03. The topological polar surface area (TPSA) is 47.9 Å². The van der Waals surface area contributed by atoms with Crippen LogP contribution in [0.2, 0.25) is 0 Å². The van der Waals surface area contributed by atoms with Crippen molar-refractivity contribution in [3.8, 4) is 0 Å². The van der Waals surface area contributed by atoms with E-state index >= 15 is 0 Å². The molecule has 1 amide bonds. The molecule has 0 saturated heterocycles. The van der Waals surface area contributed by atoms with Gasteiger partial charge in [0.15, 0.2) is 5.96 Å². The number of aliphatic imine (C=N–C) groups is 1. The highest BCUT2D eigenvalue weighted by Gasteiger charge is 2.21. The first kappa shape index (κ1) is 14.8. The van der Waals surface area contributed by atoms with E-state index in [0.717, 1.165) is 19.0 Å². The number of hydrogen-bond donors (Lipinski definition) is 1. The second kappa shape index (κ2) is 7.24. The van der Waals surface area contributed by atoms with Crippen molar-refractivity contribution in [2.24, 2.45) is 4.99 Å². The van der Waals surface area contributed by atoms with Crippen molar-refractivity contribution in [1.82, 2.24) is 15.1 Å². The van der Waals surface area contributed by atoms with Gasteiger partial charge in [0.2, 0.25) is 5.91 Å². The Bertz CT molecular complexity index is 295. The van der Waals surface area contributed by atoms with Crippen molar-refractivity contribution in [3.05, 3.63) is 0 Å². The number of likely N-dealkylation sites (N-methyl/N-ethyl adjacent to an activating group) is 2. The summed E-state index contributed by atoms with van der Waals surface area (Å²) in [4.78, 5) is 20.0. The lowest BCUT2D eigenvalue weighted by Crippen LogP contribution is -2.50. The predicted octanol–water partition coefficient (Wildman–Crippen LogP) is 0.914. The van der Waals surface area contributed by atoms with Crippen LogP contribution in [0.15, 0.2) is 4.99 Å². The maximum atomic E-state index is 12.0. The number of nitrogens with zero attached hydrogens (tertiary/aromatic N) is 3. The molecule has 1 fully saturated rings. The second-order valence-corrected chi connectivity index (χ2v) is 4.74. The number of carbonyl (C=O) groups excluding carboxylic acids is 1. The molecular formula is C13H26N4O. The number of carbonyl (C=O) groups is 1. The van der Waals surface area contributed by atoms with E-state index in [0.29, 0.717) is 12.6 Å². The third-order valence-corrected chi connectivity index (χ3v) is 3.50. The molecule has 1 N–H and O–H groups in total.